The van der Waals surface area contributed by atoms with Gasteiger partial charge in [0.05, 0.1) is 10.9 Å². The van der Waals surface area contributed by atoms with Crippen LogP contribution in [-0.2, 0) is 26.1 Å². The zero-order valence-electron chi connectivity index (χ0n) is 12.2. The van der Waals surface area contributed by atoms with Crippen LogP contribution in [-0.4, -0.2) is 26.5 Å². The molecule has 0 heterocycles. The Labute approximate surface area is 128 Å². The summed E-state index contributed by atoms with van der Waals surface area (Å²) in [5.41, 5.74) is 5.50. The molecule has 0 saturated heterocycles. The van der Waals surface area contributed by atoms with Crippen LogP contribution in [0.25, 0.3) is 0 Å². The van der Waals surface area contributed by atoms with Crippen molar-refractivity contribution in [2.45, 2.75) is 49.8 Å². The van der Waals surface area contributed by atoms with Crippen molar-refractivity contribution in [2.24, 2.45) is 5.73 Å². The summed E-state index contributed by atoms with van der Waals surface area (Å²) in [7, 11) is -3.79. The van der Waals surface area contributed by atoms with Crippen LogP contribution < -0.4 is 10.5 Å². The highest BCUT2D eigenvalue weighted by molar-refractivity contribution is 7.89. The molecule has 1 unspecified atom stereocenters. The molecule has 3 N–H and O–H groups in total. The van der Waals surface area contributed by atoms with E-state index in [0.29, 0.717) is 19.3 Å². The molecule has 1 aromatic rings. The Morgan fingerprint density at radius 3 is 2.86 bits per heavy atom. The van der Waals surface area contributed by atoms with Gasteiger partial charge in [0.15, 0.2) is 0 Å². The molecule has 2 rings (SSSR count). The topological polar surface area (TPSA) is 98.5 Å². The fourth-order valence-electron chi connectivity index (χ4n) is 2.00. The summed E-state index contributed by atoms with van der Waals surface area (Å²) >= 11 is 0. The first-order chi connectivity index (χ1) is 10.4. The lowest BCUT2D eigenvalue weighted by atomic mass is 10.2. The Kier molecular flexibility index (Phi) is 5.15. The fraction of sp³-hybridized carbons (Fsp3) is 0.500. The molecule has 6 nitrogen and oxygen atoms in total. The Balaban J connectivity index is 2.00. The van der Waals surface area contributed by atoms with Crippen LogP contribution >= 0.6 is 0 Å². The summed E-state index contributed by atoms with van der Waals surface area (Å²) < 4.78 is 45.3. The molecule has 22 heavy (non-hydrogen) atoms. The number of rotatable bonds is 7. The number of benzene rings is 1. The van der Waals surface area contributed by atoms with E-state index in [1.807, 2.05) is 6.92 Å². The van der Waals surface area contributed by atoms with Gasteiger partial charge in [-0.1, -0.05) is 6.92 Å². The normalized spacial score (nSPS) is 20.7. The molecule has 0 aromatic heterocycles. The van der Waals surface area contributed by atoms with Crippen molar-refractivity contribution in [3.05, 3.63) is 29.6 Å². The number of carbonyl (C=O) groups is 1. The van der Waals surface area contributed by atoms with Gasteiger partial charge >= 0.3 is 5.97 Å². The second kappa shape index (κ2) is 6.72. The summed E-state index contributed by atoms with van der Waals surface area (Å²) in [4.78, 5) is 11.3. The first-order valence-electron chi connectivity index (χ1n) is 7.07. The molecule has 0 aliphatic heterocycles. The molecule has 122 valence electrons. The molecular formula is C14H19FN2O4S. The fourth-order valence-corrected chi connectivity index (χ4v) is 3.33. The highest BCUT2D eigenvalue weighted by Gasteiger charge is 2.43. The number of hydrogen-bond donors (Lipinski definition) is 2. The molecule has 1 aromatic carbocycles. The Bertz CT molecular complexity index is 663. The molecule has 1 aliphatic carbocycles. The van der Waals surface area contributed by atoms with Crippen LogP contribution in [0, 0.1) is 5.82 Å². The van der Waals surface area contributed by atoms with Gasteiger partial charge in [0, 0.05) is 24.9 Å². The molecule has 1 aliphatic rings. The SMILES string of the molecule is CCCC(=O)OC1C[C@H]1NS(=O)(=O)c1ccc(F)c(CN)c1. The minimum absolute atomic E-state index is 0.0557. The molecule has 0 radical (unpaired) electrons. The maximum absolute atomic E-state index is 13.4. The predicted octanol–water partition coefficient (Wildman–Crippen LogP) is 1.05. The van der Waals surface area contributed by atoms with E-state index in [9.17, 15) is 17.6 Å². The summed E-state index contributed by atoms with van der Waals surface area (Å²) in [6, 6.07) is 3.02. The minimum atomic E-state index is -3.79. The Hall–Kier alpha value is -1.51. The summed E-state index contributed by atoms with van der Waals surface area (Å²) in [5, 5.41) is 0. The predicted molar refractivity (Wildman–Crippen MR) is 77.8 cm³/mol. The Morgan fingerprint density at radius 1 is 1.50 bits per heavy atom. The monoisotopic (exact) mass is 330 g/mol. The van der Waals surface area contributed by atoms with Crippen LogP contribution in [0.1, 0.15) is 31.7 Å². The van der Waals surface area contributed by atoms with Crippen molar-refractivity contribution in [1.82, 2.24) is 4.72 Å². The maximum atomic E-state index is 13.4. The van der Waals surface area contributed by atoms with Crippen LogP contribution in [0.2, 0.25) is 0 Å². The first-order valence-corrected chi connectivity index (χ1v) is 8.56. The van der Waals surface area contributed by atoms with Gasteiger partial charge < -0.3 is 10.5 Å². The summed E-state index contributed by atoms with van der Waals surface area (Å²) in [6.45, 7) is 1.77. The number of hydrogen-bond acceptors (Lipinski definition) is 5. The molecule has 1 fully saturated rings. The highest BCUT2D eigenvalue weighted by Crippen LogP contribution is 2.28. The average Bonchev–Trinajstić information content (AvgIpc) is 3.15. The number of carbonyl (C=O) groups excluding carboxylic acids is 1. The van der Waals surface area contributed by atoms with Crippen LogP contribution in [0.5, 0.6) is 0 Å². The van der Waals surface area contributed by atoms with Gasteiger partial charge in [0.2, 0.25) is 10.0 Å². The van der Waals surface area contributed by atoms with Gasteiger partial charge in [-0.15, -0.1) is 0 Å². The third-order valence-corrected chi connectivity index (χ3v) is 4.81. The lowest BCUT2D eigenvalue weighted by Crippen LogP contribution is -2.29. The van der Waals surface area contributed by atoms with E-state index in [-0.39, 0.29) is 23.0 Å². The summed E-state index contributed by atoms with van der Waals surface area (Å²) in [6.07, 6.45) is 1.01. The second-order valence-corrected chi connectivity index (χ2v) is 6.91. The van der Waals surface area contributed by atoms with Crippen molar-refractivity contribution in [3.63, 3.8) is 0 Å². The van der Waals surface area contributed by atoms with Crippen LogP contribution in [0.15, 0.2) is 23.1 Å². The van der Waals surface area contributed by atoms with E-state index in [2.05, 4.69) is 4.72 Å². The second-order valence-electron chi connectivity index (χ2n) is 5.20. The Morgan fingerprint density at radius 2 is 2.23 bits per heavy atom. The first kappa shape index (κ1) is 16.9. The van der Waals surface area contributed by atoms with Gasteiger partial charge in [-0.05, 0) is 24.6 Å². The quantitative estimate of drug-likeness (QED) is 0.728. The molecule has 2 atom stereocenters. The standard InChI is InChI=1S/C14H19FN2O4S/c1-2-3-14(18)21-13-7-12(13)17-22(19,20)10-4-5-11(15)9(6-10)8-16/h4-6,12-13,17H,2-3,7-8,16H2,1H3/t12-,13?/m1/s1. The van der Waals surface area contributed by atoms with Gasteiger partial charge in [0.1, 0.15) is 11.9 Å². The molecular weight excluding hydrogens is 311 g/mol. The molecule has 0 bridgehead atoms. The van der Waals surface area contributed by atoms with Crippen molar-refractivity contribution in [3.8, 4) is 0 Å². The lowest BCUT2D eigenvalue weighted by Gasteiger charge is -2.09. The zero-order chi connectivity index (χ0) is 16.3. The number of esters is 1. The zero-order valence-corrected chi connectivity index (χ0v) is 13.0. The summed E-state index contributed by atoms with van der Waals surface area (Å²) in [5.74, 6) is -0.874. The molecule has 0 spiro atoms. The highest BCUT2D eigenvalue weighted by atomic mass is 32.2. The lowest BCUT2D eigenvalue weighted by molar-refractivity contribution is -0.145. The van der Waals surface area contributed by atoms with E-state index in [0.717, 1.165) is 6.07 Å². The van der Waals surface area contributed by atoms with Gasteiger partial charge in [0.25, 0.3) is 0 Å². The van der Waals surface area contributed by atoms with Crippen molar-refractivity contribution in [1.29, 1.82) is 0 Å². The average molecular weight is 330 g/mol. The van der Waals surface area contributed by atoms with E-state index in [1.54, 1.807) is 0 Å². The van der Waals surface area contributed by atoms with Crippen molar-refractivity contribution >= 4 is 16.0 Å². The number of ether oxygens (including phenoxy) is 1. The third-order valence-electron chi connectivity index (χ3n) is 3.32. The molecule has 8 heteroatoms. The number of nitrogens with one attached hydrogen (secondary N) is 1. The number of nitrogens with two attached hydrogens (primary N) is 1. The molecule has 0 amide bonds. The number of halogens is 1. The third kappa shape index (κ3) is 4.02. The van der Waals surface area contributed by atoms with Gasteiger partial charge in [-0.2, -0.15) is 0 Å². The van der Waals surface area contributed by atoms with E-state index in [4.69, 9.17) is 10.5 Å². The van der Waals surface area contributed by atoms with Crippen molar-refractivity contribution in [2.75, 3.05) is 0 Å². The van der Waals surface area contributed by atoms with Crippen LogP contribution in [0.3, 0.4) is 0 Å². The number of sulfonamides is 1. The van der Waals surface area contributed by atoms with Gasteiger partial charge in [-0.25, -0.2) is 17.5 Å². The largest absolute Gasteiger partial charge is 0.461 e. The van der Waals surface area contributed by atoms with E-state index in [1.165, 1.54) is 12.1 Å². The van der Waals surface area contributed by atoms with E-state index < -0.39 is 28.0 Å². The van der Waals surface area contributed by atoms with Crippen molar-refractivity contribution < 1.29 is 22.3 Å². The van der Waals surface area contributed by atoms with E-state index >= 15 is 0 Å². The maximum Gasteiger partial charge on any atom is 0.306 e. The van der Waals surface area contributed by atoms with Gasteiger partial charge in [-0.3, -0.25) is 4.79 Å². The minimum Gasteiger partial charge on any atom is -0.461 e. The molecule has 1 saturated carbocycles. The smallest absolute Gasteiger partial charge is 0.306 e. The van der Waals surface area contributed by atoms with Crippen LogP contribution in [0.4, 0.5) is 4.39 Å².